The molecule has 0 amide bonds. The van der Waals surface area contributed by atoms with E-state index in [1.807, 2.05) is 0 Å². The molecule has 2 aliphatic carbocycles. The maximum absolute atomic E-state index is 2.41. The molecule has 6 rings (SSSR count). The molecule has 0 spiro atoms. The molecule has 4 heteroatoms. The van der Waals surface area contributed by atoms with E-state index in [1.54, 1.807) is 10.6 Å². The van der Waals surface area contributed by atoms with Crippen molar-refractivity contribution in [3.8, 4) is 0 Å². The van der Waals surface area contributed by atoms with Gasteiger partial charge in [-0.3, -0.25) is 0 Å². The topological polar surface area (TPSA) is 3.24 Å². The van der Waals surface area contributed by atoms with Crippen LogP contribution in [0.15, 0.2) is 121 Å². The summed E-state index contributed by atoms with van der Waals surface area (Å²) in [5.41, 5.74) is 1.69. The molecule has 0 radical (unpaired) electrons. The van der Waals surface area contributed by atoms with Gasteiger partial charge in [0.05, 0.1) is 0 Å². The minimum Gasteiger partial charge on any atom is -0.306 e. The summed E-state index contributed by atoms with van der Waals surface area (Å²) in [5.74, 6) is 0.802. The summed E-state index contributed by atoms with van der Waals surface area (Å²) < 4.78 is 0. The molecule has 4 aromatic rings. The van der Waals surface area contributed by atoms with E-state index in [0.29, 0.717) is 6.04 Å². The van der Waals surface area contributed by atoms with E-state index < -0.39 is 0 Å². The Bertz CT molecular complexity index is 1200. The smallest absolute Gasteiger partial charge is 0.00953 e. The summed E-state index contributed by atoms with van der Waals surface area (Å²) in [5, 5.41) is 6.17. The first-order chi connectivity index (χ1) is 20.1. The second kappa shape index (κ2) is 16.9. The zero-order valence-corrected chi connectivity index (χ0v) is 28.4. The molecule has 222 valence electrons. The van der Waals surface area contributed by atoms with Crippen LogP contribution in [-0.2, 0) is 17.1 Å². The molecule has 4 aromatic carbocycles. The molecule has 0 saturated heterocycles. The van der Waals surface area contributed by atoms with Crippen molar-refractivity contribution in [3.05, 3.63) is 121 Å². The molecule has 0 heterocycles. The first kappa shape index (κ1) is 33.1. The van der Waals surface area contributed by atoms with Gasteiger partial charge in [0, 0.05) is 23.1 Å². The monoisotopic (exact) mass is 635 g/mol. The molecule has 0 aromatic heterocycles. The van der Waals surface area contributed by atoms with Gasteiger partial charge < -0.3 is 4.90 Å². The molecule has 42 heavy (non-hydrogen) atoms. The average molecular weight is 636 g/mol. The predicted molar refractivity (Wildman–Crippen MR) is 185 cm³/mol. The van der Waals surface area contributed by atoms with Gasteiger partial charge in [-0.1, -0.05) is 141 Å². The van der Waals surface area contributed by atoms with E-state index >= 15 is 0 Å². The van der Waals surface area contributed by atoms with E-state index in [-0.39, 0.29) is 32.9 Å². The van der Waals surface area contributed by atoms with E-state index in [4.69, 9.17) is 0 Å². The van der Waals surface area contributed by atoms with Gasteiger partial charge in [0.15, 0.2) is 0 Å². The van der Waals surface area contributed by atoms with Crippen LogP contribution in [0.1, 0.15) is 51.9 Å². The average Bonchev–Trinajstić information content (AvgIpc) is 3.73. The summed E-state index contributed by atoms with van der Waals surface area (Å²) in [6.45, 7) is 2.41. The van der Waals surface area contributed by atoms with E-state index in [1.165, 1.54) is 55.6 Å². The van der Waals surface area contributed by atoms with Gasteiger partial charge in [-0.15, -0.1) is 0 Å². The maximum atomic E-state index is 2.41. The molecular formula is C38H47FeNP2. The van der Waals surface area contributed by atoms with Gasteiger partial charge in [-0.25, -0.2) is 0 Å². The summed E-state index contributed by atoms with van der Waals surface area (Å²) in [7, 11) is 4.03. The van der Waals surface area contributed by atoms with Crippen molar-refractivity contribution in [1.82, 2.24) is 4.90 Å². The van der Waals surface area contributed by atoms with Crippen molar-refractivity contribution >= 4 is 37.1 Å². The summed E-state index contributed by atoms with van der Waals surface area (Å²) in [6.07, 6.45) is 9.80. The molecule has 1 nitrogen and oxygen atoms in total. The number of hydrogen-bond acceptors (Lipinski definition) is 1. The van der Waals surface area contributed by atoms with E-state index in [2.05, 4.69) is 147 Å². The van der Waals surface area contributed by atoms with Crippen LogP contribution in [-0.4, -0.2) is 36.4 Å². The van der Waals surface area contributed by atoms with Gasteiger partial charge in [-0.05, 0) is 101 Å². The van der Waals surface area contributed by atoms with Crippen LogP contribution >= 0.6 is 15.8 Å². The summed E-state index contributed by atoms with van der Waals surface area (Å²) >= 11 is 0. The van der Waals surface area contributed by atoms with Crippen molar-refractivity contribution in [2.24, 2.45) is 5.92 Å². The Hall–Kier alpha value is -1.78. The SMILES string of the molecule is CC(C1CCCC1P(c1ccccc1)c1ccccc1)N(C)C.[Fe].c1ccc(P(c2ccccc2)C2CCCC2)cc1. The normalized spacial score (nSPS) is 19.4. The van der Waals surface area contributed by atoms with Crippen molar-refractivity contribution < 1.29 is 17.1 Å². The Balaban J connectivity index is 0.000000193. The van der Waals surface area contributed by atoms with Crippen LogP contribution in [0.5, 0.6) is 0 Å². The first-order valence-corrected chi connectivity index (χ1v) is 18.4. The second-order valence-electron chi connectivity index (χ2n) is 11.9. The van der Waals surface area contributed by atoms with Gasteiger partial charge in [0.1, 0.15) is 0 Å². The van der Waals surface area contributed by atoms with Gasteiger partial charge >= 0.3 is 0 Å². The van der Waals surface area contributed by atoms with Crippen LogP contribution in [0.2, 0.25) is 0 Å². The molecular weight excluding hydrogens is 588 g/mol. The molecule has 0 N–H and O–H groups in total. The standard InChI is InChI=1S/C21H28NP.C17H19P.Fe/c1-17(22(2)3)20-15-10-16-21(20)23(18-11-6-4-7-12-18)19-13-8-5-9-14-19;1-3-9-15(10-4-1)18(17-13-7-8-14-17)16-11-5-2-6-12-16;/h4-9,11-14,17,20-21H,10,15-16H2,1-3H3;1-6,9-12,17H,7-8,13-14H2;. The number of hydrogen-bond donors (Lipinski definition) is 0. The molecule has 2 saturated carbocycles. The van der Waals surface area contributed by atoms with Crippen LogP contribution < -0.4 is 21.2 Å². The predicted octanol–water partition coefficient (Wildman–Crippen LogP) is 8.30. The number of rotatable bonds is 8. The Morgan fingerprint density at radius 3 is 1.29 bits per heavy atom. The van der Waals surface area contributed by atoms with Crippen molar-refractivity contribution in [1.29, 1.82) is 0 Å². The second-order valence-corrected chi connectivity index (χ2v) is 16.8. The molecule has 0 bridgehead atoms. The Kier molecular flexibility index (Phi) is 13.3. The molecule has 3 unspecified atom stereocenters. The Morgan fingerprint density at radius 2 is 0.905 bits per heavy atom. The largest absolute Gasteiger partial charge is 0.306 e. The zero-order chi connectivity index (χ0) is 28.4. The van der Waals surface area contributed by atoms with Gasteiger partial charge in [0.25, 0.3) is 0 Å². The fraction of sp³-hybridized carbons (Fsp3) is 0.368. The Labute approximate surface area is 268 Å². The molecule has 2 aliphatic rings. The molecule has 3 atom stereocenters. The van der Waals surface area contributed by atoms with Crippen molar-refractivity contribution in [2.75, 3.05) is 14.1 Å². The summed E-state index contributed by atoms with van der Waals surface area (Å²) in [4.78, 5) is 2.41. The minimum atomic E-state index is -0.275. The van der Waals surface area contributed by atoms with Crippen LogP contribution in [0.25, 0.3) is 0 Å². The first-order valence-electron chi connectivity index (χ1n) is 15.6. The minimum absolute atomic E-state index is 0. The fourth-order valence-electron chi connectivity index (χ4n) is 6.85. The van der Waals surface area contributed by atoms with Gasteiger partial charge in [-0.2, -0.15) is 0 Å². The number of nitrogens with zero attached hydrogens (tertiary/aromatic N) is 1. The third kappa shape index (κ3) is 8.44. The molecule has 2 fully saturated rings. The summed E-state index contributed by atoms with van der Waals surface area (Å²) in [6, 6.07) is 45.3. The zero-order valence-electron chi connectivity index (χ0n) is 25.5. The van der Waals surface area contributed by atoms with Crippen LogP contribution in [0.4, 0.5) is 0 Å². The van der Waals surface area contributed by atoms with E-state index in [9.17, 15) is 0 Å². The number of benzene rings is 4. The third-order valence-electron chi connectivity index (χ3n) is 9.12. The van der Waals surface area contributed by atoms with Gasteiger partial charge in [0.2, 0.25) is 0 Å². The van der Waals surface area contributed by atoms with Crippen molar-refractivity contribution in [2.45, 2.75) is 69.2 Å². The molecule has 0 aliphatic heterocycles. The van der Waals surface area contributed by atoms with Crippen LogP contribution in [0, 0.1) is 5.92 Å². The quantitative estimate of drug-likeness (QED) is 0.139. The van der Waals surface area contributed by atoms with Crippen LogP contribution in [0.3, 0.4) is 0 Å². The van der Waals surface area contributed by atoms with Crippen molar-refractivity contribution in [3.63, 3.8) is 0 Å². The Morgan fingerprint density at radius 1 is 0.524 bits per heavy atom. The maximum Gasteiger partial charge on any atom is 0.00953 e. The third-order valence-corrected chi connectivity index (χ3v) is 15.1. The van der Waals surface area contributed by atoms with E-state index in [0.717, 1.165) is 17.2 Å². The fourth-order valence-corrected chi connectivity index (χ4v) is 13.1.